The summed E-state index contributed by atoms with van der Waals surface area (Å²) in [6.07, 6.45) is 0.685. The molecule has 1 aromatic heterocycles. The number of benzene rings is 1. The number of thiophene rings is 1. The molecule has 0 aliphatic heterocycles. The van der Waals surface area contributed by atoms with E-state index in [9.17, 15) is 10.2 Å². The fourth-order valence-corrected chi connectivity index (χ4v) is 3.45. The lowest BCUT2D eigenvalue weighted by molar-refractivity contribution is 0.282. The van der Waals surface area contributed by atoms with Crippen LogP contribution in [0.5, 0.6) is 0 Å². The number of aliphatic hydroxyl groups is 2. The first kappa shape index (κ1) is 16.4. The fourth-order valence-electron chi connectivity index (χ4n) is 2.28. The van der Waals surface area contributed by atoms with Gasteiger partial charge in [0.25, 0.3) is 0 Å². The van der Waals surface area contributed by atoms with Gasteiger partial charge in [-0.25, -0.2) is 0 Å². The van der Waals surface area contributed by atoms with Crippen LogP contribution in [0.25, 0.3) is 0 Å². The summed E-state index contributed by atoms with van der Waals surface area (Å²) < 4.78 is 0. The van der Waals surface area contributed by atoms with Crippen molar-refractivity contribution in [3.8, 4) is 0 Å². The number of amidine groups is 2. The molecule has 0 radical (unpaired) electrons. The predicted octanol–water partition coefficient (Wildman–Crippen LogP) is 2.60. The highest BCUT2D eigenvalue weighted by molar-refractivity contribution is 7.15. The van der Waals surface area contributed by atoms with E-state index in [2.05, 4.69) is 0 Å². The van der Waals surface area contributed by atoms with Crippen LogP contribution in [0.15, 0.2) is 35.7 Å². The molecule has 5 nitrogen and oxygen atoms in total. The van der Waals surface area contributed by atoms with Gasteiger partial charge >= 0.3 is 0 Å². The van der Waals surface area contributed by atoms with E-state index < -0.39 is 6.61 Å². The third-order valence-electron chi connectivity index (χ3n) is 3.31. The van der Waals surface area contributed by atoms with Crippen molar-refractivity contribution in [2.75, 3.05) is 11.5 Å². The first-order valence-corrected chi connectivity index (χ1v) is 7.74. The molecule has 1 aromatic carbocycles. The van der Waals surface area contributed by atoms with Gasteiger partial charge in [-0.05, 0) is 29.9 Å². The van der Waals surface area contributed by atoms with Gasteiger partial charge in [-0.1, -0.05) is 30.3 Å². The molecule has 2 rings (SSSR count). The fraction of sp³-hybridized carbons (Fsp3) is 0.250. The maximum absolute atomic E-state index is 9.73. The summed E-state index contributed by atoms with van der Waals surface area (Å²) >= 11 is 1.37. The number of anilines is 1. The summed E-state index contributed by atoms with van der Waals surface area (Å²) in [4.78, 5) is 1.37. The molecule has 0 aliphatic carbocycles. The zero-order valence-electron chi connectivity index (χ0n) is 12.3. The van der Waals surface area contributed by atoms with Crippen molar-refractivity contribution in [3.63, 3.8) is 0 Å². The Morgan fingerprint density at radius 2 is 1.86 bits per heavy atom. The van der Waals surface area contributed by atoms with Crippen molar-refractivity contribution < 1.29 is 10.2 Å². The predicted molar refractivity (Wildman–Crippen MR) is 90.2 cm³/mol. The van der Waals surface area contributed by atoms with Gasteiger partial charge in [0.15, 0.2) is 0 Å². The monoisotopic (exact) mass is 317 g/mol. The second-order valence-electron chi connectivity index (χ2n) is 4.89. The smallest absolute Gasteiger partial charge is 0.133 e. The second kappa shape index (κ2) is 7.31. The van der Waals surface area contributed by atoms with Crippen LogP contribution in [0.1, 0.15) is 23.6 Å². The number of rotatable bonds is 5. The lowest BCUT2D eigenvalue weighted by Gasteiger charge is -2.22. The average Bonchev–Trinajstić information content (AvgIpc) is 2.90. The van der Waals surface area contributed by atoms with Gasteiger partial charge < -0.3 is 10.2 Å². The van der Waals surface area contributed by atoms with Gasteiger partial charge in [0.1, 0.15) is 23.3 Å². The van der Waals surface area contributed by atoms with Gasteiger partial charge in [-0.2, -0.15) is 0 Å². The molecule has 0 saturated carbocycles. The molecule has 1 heterocycles. The van der Waals surface area contributed by atoms with Crippen LogP contribution in [-0.2, 0) is 13.0 Å². The zero-order valence-corrected chi connectivity index (χ0v) is 13.2. The SMILES string of the molecule is CC(=N)N(C(=N)CO)c1scc(Cc2ccccc2)c1CO. The van der Waals surface area contributed by atoms with Crippen LogP contribution in [0.3, 0.4) is 0 Å². The number of nitrogens with one attached hydrogen (secondary N) is 2. The summed E-state index contributed by atoms with van der Waals surface area (Å²) in [5.41, 5.74) is 2.82. The molecule has 22 heavy (non-hydrogen) atoms. The van der Waals surface area contributed by atoms with Crippen molar-refractivity contribution in [2.24, 2.45) is 0 Å². The van der Waals surface area contributed by atoms with E-state index in [4.69, 9.17) is 10.8 Å². The molecule has 4 N–H and O–H groups in total. The average molecular weight is 317 g/mol. The molecule has 0 bridgehead atoms. The van der Waals surface area contributed by atoms with E-state index in [1.807, 2.05) is 35.7 Å². The zero-order chi connectivity index (χ0) is 16.1. The minimum atomic E-state index is -0.451. The Balaban J connectivity index is 2.38. The van der Waals surface area contributed by atoms with E-state index in [1.165, 1.54) is 16.2 Å². The third-order valence-corrected chi connectivity index (χ3v) is 4.37. The molecule has 0 saturated heterocycles. The van der Waals surface area contributed by atoms with Crippen LogP contribution < -0.4 is 4.90 Å². The molecular weight excluding hydrogens is 298 g/mol. The molecule has 2 aromatic rings. The van der Waals surface area contributed by atoms with Crippen molar-refractivity contribution in [1.29, 1.82) is 10.8 Å². The largest absolute Gasteiger partial charge is 0.392 e. The van der Waals surface area contributed by atoms with Gasteiger partial charge in [-0.3, -0.25) is 15.7 Å². The standard InChI is InChI=1S/C16H19N3O2S/c1-11(17)19(15(18)9-21)16-14(8-20)13(10-22-16)7-12-5-3-2-4-6-12/h2-6,10,17-18,20-21H,7-9H2,1H3. The number of aliphatic hydroxyl groups excluding tert-OH is 2. The van der Waals surface area contributed by atoms with Gasteiger partial charge in [-0.15, -0.1) is 11.3 Å². The highest BCUT2D eigenvalue weighted by Crippen LogP contribution is 2.33. The number of hydrogen-bond donors (Lipinski definition) is 4. The molecule has 116 valence electrons. The van der Waals surface area contributed by atoms with E-state index in [-0.39, 0.29) is 18.3 Å². The van der Waals surface area contributed by atoms with Crippen molar-refractivity contribution in [3.05, 3.63) is 52.4 Å². The van der Waals surface area contributed by atoms with Gasteiger partial charge in [0.2, 0.25) is 0 Å². The van der Waals surface area contributed by atoms with Crippen molar-refractivity contribution in [1.82, 2.24) is 0 Å². The van der Waals surface area contributed by atoms with Crippen LogP contribution in [0.2, 0.25) is 0 Å². The van der Waals surface area contributed by atoms with Crippen molar-refractivity contribution in [2.45, 2.75) is 20.0 Å². The minimum absolute atomic E-state index is 0.0738. The molecule has 0 fully saturated rings. The summed E-state index contributed by atoms with van der Waals surface area (Å²) in [6, 6.07) is 9.94. The maximum atomic E-state index is 9.73. The topological polar surface area (TPSA) is 91.4 Å². The molecule has 0 atom stereocenters. The second-order valence-corrected chi connectivity index (χ2v) is 5.75. The number of nitrogens with zero attached hydrogens (tertiary/aromatic N) is 1. The summed E-state index contributed by atoms with van der Waals surface area (Å²) in [5.74, 6) is 0.0668. The number of hydrogen-bond acceptors (Lipinski definition) is 5. The van der Waals surface area contributed by atoms with Gasteiger partial charge in [0, 0.05) is 5.56 Å². The quantitative estimate of drug-likeness (QED) is 0.504. The molecule has 0 amide bonds. The Labute approximate surface area is 133 Å². The molecule has 6 heteroatoms. The summed E-state index contributed by atoms with van der Waals surface area (Å²) in [6.45, 7) is 0.943. The van der Waals surface area contributed by atoms with Crippen LogP contribution >= 0.6 is 11.3 Å². The van der Waals surface area contributed by atoms with E-state index in [0.29, 0.717) is 17.0 Å². The van der Waals surface area contributed by atoms with Crippen LogP contribution in [0, 0.1) is 10.8 Å². The Bertz CT molecular complexity index is 667. The summed E-state index contributed by atoms with van der Waals surface area (Å²) in [7, 11) is 0. The van der Waals surface area contributed by atoms with Crippen LogP contribution in [0.4, 0.5) is 5.00 Å². The highest BCUT2D eigenvalue weighted by atomic mass is 32.1. The first-order chi connectivity index (χ1) is 10.6. The molecule has 0 spiro atoms. The Morgan fingerprint density at radius 3 is 2.41 bits per heavy atom. The Hall–Kier alpha value is -2.02. The Kier molecular flexibility index (Phi) is 5.43. The highest BCUT2D eigenvalue weighted by Gasteiger charge is 2.21. The van der Waals surface area contributed by atoms with Crippen LogP contribution in [-0.4, -0.2) is 28.5 Å². The normalized spacial score (nSPS) is 10.5. The van der Waals surface area contributed by atoms with Gasteiger partial charge in [0.05, 0.1) is 6.61 Å². The molecule has 0 aliphatic rings. The Morgan fingerprint density at radius 1 is 1.18 bits per heavy atom. The van der Waals surface area contributed by atoms with E-state index in [1.54, 1.807) is 6.92 Å². The van der Waals surface area contributed by atoms with E-state index in [0.717, 1.165) is 11.1 Å². The lowest BCUT2D eigenvalue weighted by atomic mass is 10.0. The van der Waals surface area contributed by atoms with Crippen molar-refractivity contribution >= 4 is 28.0 Å². The molecule has 0 unspecified atom stereocenters. The first-order valence-electron chi connectivity index (χ1n) is 6.86. The lowest BCUT2D eigenvalue weighted by Crippen LogP contribution is -2.36. The summed E-state index contributed by atoms with van der Waals surface area (Å²) in [5, 5.41) is 37.1. The maximum Gasteiger partial charge on any atom is 0.133 e. The minimum Gasteiger partial charge on any atom is -0.392 e. The molecular formula is C16H19N3O2S. The van der Waals surface area contributed by atoms with E-state index >= 15 is 0 Å². The third kappa shape index (κ3) is 3.41.